The molecule has 1 unspecified atom stereocenters. The van der Waals surface area contributed by atoms with Crippen LogP contribution in [0.4, 0.5) is 0 Å². The number of hydrogen-bond acceptors (Lipinski definition) is 2. The van der Waals surface area contributed by atoms with Gasteiger partial charge in [0.25, 0.3) is 0 Å². The fraction of sp³-hybridized carbons (Fsp3) is 0.300. The predicted molar refractivity (Wildman–Crippen MR) is 57.2 cm³/mol. The Hall–Kier alpha value is -0.470. The van der Waals surface area contributed by atoms with Gasteiger partial charge in [-0.05, 0) is 12.1 Å². The highest BCUT2D eigenvalue weighted by Crippen LogP contribution is 2.26. The number of Topliss-reactive ketones (excluding diaryl/α,β-unsaturated/α-hetero) is 1. The van der Waals surface area contributed by atoms with Crippen LogP contribution in [0.15, 0.2) is 35.2 Å². The van der Waals surface area contributed by atoms with E-state index in [1.165, 1.54) is 11.8 Å². The molecule has 1 nitrogen and oxygen atoms in total. The SMILES string of the molecule is CCC(=O)C(Cl)Sc1ccccc1. The molecule has 0 radical (unpaired) electrons. The zero-order chi connectivity index (χ0) is 9.68. The molecule has 1 aromatic carbocycles. The molecule has 1 rings (SSSR count). The molecule has 3 heteroatoms. The molecule has 0 amide bonds. The third kappa shape index (κ3) is 3.41. The Morgan fingerprint density at radius 3 is 2.62 bits per heavy atom. The van der Waals surface area contributed by atoms with Crippen LogP contribution in [0.25, 0.3) is 0 Å². The van der Waals surface area contributed by atoms with E-state index in [-0.39, 0.29) is 5.78 Å². The third-order valence-corrected chi connectivity index (χ3v) is 3.11. The monoisotopic (exact) mass is 214 g/mol. The Kier molecular flexibility index (Phi) is 4.33. The number of rotatable bonds is 4. The number of hydrogen-bond donors (Lipinski definition) is 0. The molecule has 0 aliphatic rings. The lowest BCUT2D eigenvalue weighted by Gasteiger charge is -2.05. The van der Waals surface area contributed by atoms with Crippen molar-refractivity contribution in [2.24, 2.45) is 0 Å². The first-order valence-electron chi connectivity index (χ1n) is 4.12. The smallest absolute Gasteiger partial charge is 0.160 e. The van der Waals surface area contributed by atoms with Gasteiger partial charge in [-0.1, -0.05) is 36.9 Å². The Morgan fingerprint density at radius 2 is 2.08 bits per heavy atom. The zero-order valence-electron chi connectivity index (χ0n) is 7.37. The highest BCUT2D eigenvalue weighted by molar-refractivity contribution is 8.01. The number of ketones is 1. The average Bonchev–Trinajstić information content (AvgIpc) is 2.18. The molecule has 0 aromatic heterocycles. The number of alkyl halides is 1. The van der Waals surface area contributed by atoms with Crippen LogP contribution in [-0.2, 0) is 4.79 Å². The van der Waals surface area contributed by atoms with E-state index in [0.717, 1.165) is 4.90 Å². The Balaban J connectivity index is 2.55. The van der Waals surface area contributed by atoms with Gasteiger partial charge >= 0.3 is 0 Å². The minimum Gasteiger partial charge on any atom is -0.297 e. The van der Waals surface area contributed by atoms with Crippen molar-refractivity contribution in [1.82, 2.24) is 0 Å². The zero-order valence-corrected chi connectivity index (χ0v) is 8.94. The van der Waals surface area contributed by atoms with Crippen molar-refractivity contribution in [2.75, 3.05) is 0 Å². The lowest BCUT2D eigenvalue weighted by Crippen LogP contribution is -2.08. The van der Waals surface area contributed by atoms with Crippen LogP contribution in [-0.4, -0.2) is 10.5 Å². The molecule has 70 valence electrons. The van der Waals surface area contributed by atoms with Gasteiger partial charge in [0.1, 0.15) is 4.71 Å². The Morgan fingerprint density at radius 1 is 1.46 bits per heavy atom. The summed E-state index contributed by atoms with van der Waals surface area (Å²) in [6.45, 7) is 1.82. The number of carbonyl (C=O) groups is 1. The summed E-state index contributed by atoms with van der Waals surface area (Å²) in [5.41, 5.74) is 0. The molecule has 1 aromatic rings. The topological polar surface area (TPSA) is 17.1 Å². The largest absolute Gasteiger partial charge is 0.297 e. The van der Waals surface area contributed by atoms with Gasteiger partial charge in [0.15, 0.2) is 5.78 Å². The van der Waals surface area contributed by atoms with Crippen LogP contribution in [0, 0.1) is 0 Å². The maximum atomic E-state index is 11.2. The fourth-order valence-electron chi connectivity index (χ4n) is 0.845. The van der Waals surface area contributed by atoms with Crippen molar-refractivity contribution in [3.05, 3.63) is 30.3 Å². The summed E-state index contributed by atoms with van der Waals surface area (Å²) < 4.78 is -0.451. The van der Waals surface area contributed by atoms with E-state index >= 15 is 0 Å². The molecule has 0 heterocycles. The van der Waals surface area contributed by atoms with Crippen molar-refractivity contribution < 1.29 is 4.79 Å². The quantitative estimate of drug-likeness (QED) is 0.565. The first-order chi connectivity index (χ1) is 6.24. The van der Waals surface area contributed by atoms with E-state index in [0.29, 0.717) is 6.42 Å². The molecule has 0 saturated carbocycles. The van der Waals surface area contributed by atoms with Crippen molar-refractivity contribution in [3.8, 4) is 0 Å². The summed E-state index contributed by atoms with van der Waals surface area (Å²) in [5, 5.41) is 0. The summed E-state index contributed by atoms with van der Waals surface area (Å²) in [6.07, 6.45) is 0.494. The van der Waals surface area contributed by atoms with Gasteiger partial charge in [0.05, 0.1) is 0 Å². The maximum Gasteiger partial charge on any atom is 0.160 e. The fourth-order valence-corrected chi connectivity index (χ4v) is 2.16. The highest BCUT2D eigenvalue weighted by Gasteiger charge is 2.13. The predicted octanol–water partition coefficient (Wildman–Crippen LogP) is 3.32. The summed E-state index contributed by atoms with van der Waals surface area (Å²) >= 11 is 7.27. The van der Waals surface area contributed by atoms with Crippen LogP contribution in [0.2, 0.25) is 0 Å². The third-order valence-electron chi connectivity index (χ3n) is 1.58. The molecule has 1 atom stereocenters. The van der Waals surface area contributed by atoms with E-state index in [4.69, 9.17) is 11.6 Å². The standard InChI is InChI=1S/C10H11ClOS/c1-2-9(12)10(11)13-8-6-4-3-5-7-8/h3-7,10H,2H2,1H3. The lowest BCUT2D eigenvalue weighted by atomic mass is 10.3. The van der Waals surface area contributed by atoms with Gasteiger partial charge < -0.3 is 0 Å². The van der Waals surface area contributed by atoms with Gasteiger partial charge in [0.2, 0.25) is 0 Å². The second-order valence-corrected chi connectivity index (χ2v) is 4.44. The van der Waals surface area contributed by atoms with E-state index in [9.17, 15) is 4.79 Å². The first-order valence-corrected chi connectivity index (χ1v) is 5.44. The Bertz CT molecular complexity index is 274. The summed E-state index contributed by atoms with van der Waals surface area (Å²) in [7, 11) is 0. The normalized spacial score (nSPS) is 12.5. The Labute approximate surface area is 87.5 Å². The molecule has 0 spiro atoms. The van der Waals surface area contributed by atoms with Gasteiger partial charge in [-0.2, -0.15) is 0 Å². The van der Waals surface area contributed by atoms with Gasteiger partial charge in [-0.25, -0.2) is 0 Å². The van der Waals surface area contributed by atoms with Crippen LogP contribution < -0.4 is 0 Å². The molecule has 0 aliphatic heterocycles. The highest BCUT2D eigenvalue weighted by atomic mass is 35.5. The molecule has 0 aliphatic carbocycles. The molecule has 0 saturated heterocycles. The van der Waals surface area contributed by atoms with E-state index in [2.05, 4.69) is 0 Å². The van der Waals surface area contributed by atoms with Crippen molar-refractivity contribution in [2.45, 2.75) is 22.9 Å². The van der Waals surface area contributed by atoms with Gasteiger partial charge in [-0.3, -0.25) is 4.79 Å². The average molecular weight is 215 g/mol. The minimum absolute atomic E-state index is 0.0792. The number of halogens is 1. The van der Waals surface area contributed by atoms with Crippen molar-refractivity contribution in [1.29, 1.82) is 0 Å². The van der Waals surface area contributed by atoms with Crippen LogP contribution in [0.3, 0.4) is 0 Å². The summed E-state index contributed by atoms with van der Waals surface area (Å²) in [5.74, 6) is 0.0792. The lowest BCUT2D eigenvalue weighted by molar-refractivity contribution is -0.117. The molecule has 13 heavy (non-hydrogen) atoms. The summed E-state index contributed by atoms with van der Waals surface area (Å²) in [6, 6.07) is 9.70. The second kappa shape index (κ2) is 5.30. The maximum absolute atomic E-state index is 11.2. The van der Waals surface area contributed by atoms with E-state index < -0.39 is 4.71 Å². The van der Waals surface area contributed by atoms with Crippen LogP contribution >= 0.6 is 23.4 Å². The number of benzene rings is 1. The first kappa shape index (κ1) is 10.6. The molecule has 0 N–H and O–H groups in total. The molecular weight excluding hydrogens is 204 g/mol. The molecule has 0 bridgehead atoms. The molecular formula is C10H11ClOS. The van der Waals surface area contributed by atoms with E-state index in [1.54, 1.807) is 0 Å². The van der Waals surface area contributed by atoms with Crippen LogP contribution in [0.1, 0.15) is 13.3 Å². The molecule has 0 fully saturated rings. The number of thioether (sulfide) groups is 1. The van der Waals surface area contributed by atoms with Gasteiger partial charge in [0, 0.05) is 11.3 Å². The minimum atomic E-state index is -0.451. The number of carbonyl (C=O) groups excluding carboxylic acids is 1. The van der Waals surface area contributed by atoms with Crippen molar-refractivity contribution >= 4 is 29.1 Å². The van der Waals surface area contributed by atoms with Gasteiger partial charge in [-0.15, -0.1) is 11.6 Å². The van der Waals surface area contributed by atoms with E-state index in [1.807, 2.05) is 37.3 Å². The summed E-state index contributed by atoms with van der Waals surface area (Å²) in [4.78, 5) is 12.2. The second-order valence-electron chi connectivity index (χ2n) is 2.57. The van der Waals surface area contributed by atoms with Crippen LogP contribution in [0.5, 0.6) is 0 Å². The van der Waals surface area contributed by atoms with Crippen molar-refractivity contribution in [3.63, 3.8) is 0 Å².